The predicted molar refractivity (Wildman–Crippen MR) is 71.0 cm³/mol. The first-order valence-electron chi connectivity index (χ1n) is 6.73. The molecule has 2 N–H and O–H groups in total. The molecule has 3 aliphatic rings. The molecule has 3 aliphatic carbocycles. The summed E-state index contributed by atoms with van der Waals surface area (Å²) in [5.74, 6) is -1.52. The molecule has 20 heavy (non-hydrogen) atoms. The number of hydrogen-bond acceptors (Lipinski definition) is 4. The highest BCUT2D eigenvalue weighted by Gasteiger charge is 2.47. The van der Waals surface area contributed by atoms with Gasteiger partial charge in [-0.25, -0.2) is 9.37 Å². The molecule has 0 aliphatic heterocycles. The second-order valence-corrected chi connectivity index (χ2v) is 5.88. The molecule has 0 amide bonds. The first-order valence-corrected chi connectivity index (χ1v) is 7.11. The molecule has 1 heterocycles. The Labute approximate surface area is 120 Å². The van der Waals surface area contributed by atoms with E-state index in [9.17, 15) is 14.3 Å². The minimum Gasteiger partial charge on any atom is -0.481 e. The number of rotatable bonds is 3. The minimum atomic E-state index is -0.822. The van der Waals surface area contributed by atoms with Crippen molar-refractivity contribution in [3.8, 4) is 0 Å². The fourth-order valence-corrected chi connectivity index (χ4v) is 3.75. The predicted octanol–water partition coefficient (Wildman–Crippen LogP) is 2.57. The lowest BCUT2D eigenvalue weighted by Crippen LogP contribution is -2.51. The Kier molecular flexibility index (Phi) is 3.50. The number of aromatic nitrogens is 2. The van der Waals surface area contributed by atoms with Crippen molar-refractivity contribution in [1.82, 2.24) is 9.97 Å². The third-order valence-corrected chi connectivity index (χ3v) is 4.70. The molecular weight excluding hydrogens is 285 g/mol. The molecule has 0 aromatic carbocycles. The van der Waals surface area contributed by atoms with Crippen LogP contribution in [0, 0.1) is 23.6 Å². The van der Waals surface area contributed by atoms with E-state index in [0.29, 0.717) is 0 Å². The van der Waals surface area contributed by atoms with E-state index < -0.39 is 17.7 Å². The van der Waals surface area contributed by atoms with Gasteiger partial charge in [0.15, 0.2) is 11.6 Å². The van der Waals surface area contributed by atoms with Crippen molar-refractivity contribution in [1.29, 1.82) is 0 Å². The summed E-state index contributed by atoms with van der Waals surface area (Å²) in [6.45, 7) is 0. The van der Waals surface area contributed by atoms with Gasteiger partial charge in [-0.05, 0) is 49.1 Å². The Bertz CT molecular complexity index is 534. The number of aliphatic carboxylic acids is 1. The van der Waals surface area contributed by atoms with E-state index in [1.165, 1.54) is 0 Å². The molecule has 0 radical (unpaired) electrons. The summed E-state index contributed by atoms with van der Waals surface area (Å²) in [5.41, 5.74) is 0. The maximum Gasteiger partial charge on any atom is 0.308 e. The van der Waals surface area contributed by atoms with Gasteiger partial charge in [0, 0.05) is 6.04 Å². The highest BCUT2D eigenvalue weighted by Crippen LogP contribution is 2.46. The van der Waals surface area contributed by atoms with Crippen LogP contribution in [0.5, 0.6) is 0 Å². The Morgan fingerprint density at radius 3 is 2.65 bits per heavy atom. The second kappa shape index (κ2) is 5.16. The first-order chi connectivity index (χ1) is 9.56. The van der Waals surface area contributed by atoms with E-state index in [1.807, 2.05) is 0 Å². The molecule has 2 atom stereocenters. The molecule has 5 nitrogen and oxygen atoms in total. The average molecular weight is 300 g/mol. The summed E-state index contributed by atoms with van der Waals surface area (Å²) in [7, 11) is 0. The number of fused-ring (bicyclic) bond motifs is 3. The average Bonchev–Trinajstić information content (AvgIpc) is 2.43. The number of nitrogens with zero attached hydrogens (tertiary/aromatic N) is 2. The number of carboxylic acids is 1. The largest absolute Gasteiger partial charge is 0.481 e. The summed E-state index contributed by atoms with van der Waals surface area (Å²) in [5, 5.41) is 12.3. The fraction of sp³-hybridized carbons (Fsp3) is 0.615. The van der Waals surface area contributed by atoms with Gasteiger partial charge in [-0.2, -0.15) is 4.98 Å². The van der Waals surface area contributed by atoms with Crippen LogP contribution in [0.2, 0.25) is 5.28 Å². The normalized spacial score (nSPS) is 32.1. The lowest BCUT2D eigenvalue weighted by molar-refractivity contribution is -0.148. The number of carboxylic acid groups (broad SMARTS) is 1. The van der Waals surface area contributed by atoms with Crippen LogP contribution in [0.4, 0.5) is 10.2 Å². The molecule has 108 valence electrons. The summed E-state index contributed by atoms with van der Waals surface area (Å²) >= 11 is 5.67. The molecule has 0 spiro atoms. The van der Waals surface area contributed by atoms with Crippen LogP contribution in [0.25, 0.3) is 0 Å². The molecule has 3 saturated carbocycles. The van der Waals surface area contributed by atoms with Crippen molar-refractivity contribution >= 4 is 23.4 Å². The van der Waals surface area contributed by atoms with Crippen molar-refractivity contribution in [2.24, 2.45) is 17.8 Å². The zero-order chi connectivity index (χ0) is 14.3. The SMILES string of the molecule is O=C(O)C1C2CCC(CC2)C1Nc1nc(Cl)ncc1F. The summed E-state index contributed by atoms with van der Waals surface area (Å²) < 4.78 is 13.7. The van der Waals surface area contributed by atoms with E-state index in [2.05, 4.69) is 15.3 Å². The Hall–Kier alpha value is -1.43. The lowest BCUT2D eigenvalue weighted by atomic mass is 9.61. The van der Waals surface area contributed by atoms with Crippen LogP contribution in [0.3, 0.4) is 0 Å². The monoisotopic (exact) mass is 299 g/mol. The van der Waals surface area contributed by atoms with Crippen molar-refractivity contribution in [2.75, 3.05) is 5.32 Å². The van der Waals surface area contributed by atoms with Crippen LogP contribution in [0.1, 0.15) is 25.7 Å². The third-order valence-electron chi connectivity index (χ3n) is 4.52. The highest BCUT2D eigenvalue weighted by atomic mass is 35.5. The van der Waals surface area contributed by atoms with Gasteiger partial charge in [0.1, 0.15) is 0 Å². The number of anilines is 1. The molecule has 1 aromatic rings. The maximum absolute atomic E-state index is 13.7. The van der Waals surface area contributed by atoms with Crippen molar-refractivity contribution in [3.63, 3.8) is 0 Å². The van der Waals surface area contributed by atoms with Crippen LogP contribution < -0.4 is 5.32 Å². The smallest absolute Gasteiger partial charge is 0.308 e. The van der Waals surface area contributed by atoms with Crippen molar-refractivity contribution < 1.29 is 14.3 Å². The van der Waals surface area contributed by atoms with Gasteiger partial charge in [0.25, 0.3) is 0 Å². The summed E-state index contributed by atoms with van der Waals surface area (Å²) in [4.78, 5) is 18.9. The van der Waals surface area contributed by atoms with Gasteiger partial charge < -0.3 is 10.4 Å². The quantitative estimate of drug-likeness (QED) is 0.839. The van der Waals surface area contributed by atoms with Gasteiger partial charge >= 0.3 is 5.97 Å². The zero-order valence-electron chi connectivity index (χ0n) is 10.7. The molecule has 4 rings (SSSR count). The van der Waals surface area contributed by atoms with Gasteiger partial charge in [-0.15, -0.1) is 0 Å². The molecule has 2 bridgehead atoms. The number of halogens is 2. The number of carbonyl (C=O) groups is 1. The van der Waals surface area contributed by atoms with Gasteiger partial charge in [-0.3, -0.25) is 4.79 Å². The minimum absolute atomic E-state index is 0.00574. The van der Waals surface area contributed by atoms with Crippen LogP contribution in [-0.4, -0.2) is 27.1 Å². The standard InChI is InChI=1S/C13H15ClFN3O2/c14-13-16-5-8(15)11(18-13)17-10-7-3-1-6(2-4-7)9(10)12(19)20/h5-7,9-10H,1-4H2,(H,19,20)(H,16,17,18). The zero-order valence-corrected chi connectivity index (χ0v) is 11.5. The van der Waals surface area contributed by atoms with Crippen LogP contribution in [0.15, 0.2) is 6.20 Å². The van der Waals surface area contributed by atoms with E-state index in [-0.39, 0.29) is 29.0 Å². The van der Waals surface area contributed by atoms with Crippen molar-refractivity contribution in [3.05, 3.63) is 17.3 Å². The van der Waals surface area contributed by atoms with Crippen LogP contribution >= 0.6 is 11.6 Å². The topological polar surface area (TPSA) is 75.1 Å². The van der Waals surface area contributed by atoms with E-state index in [4.69, 9.17) is 11.6 Å². The van der Waals surface area contributed by atoms with E-state index in [1.54, 1.807) is 0 Å². The number of hydrogen-bond donors (Lipinski definition) is 2. The molecule has 1 aromatic heterocycles. The fourth-order valence-electron chi connectivity index (χ4n) is 3.62. The van der Waals surface area contributed by atoms with Crippen molar-refractivity contribution in [2.45, 2.75) is 31.7 Å². The van der Waals surface area contributed by atoms with Gasteiger partial charge in [-0.1, -0.05) is 0 Å². The Morgan fingerprint density at radius 1 is 1.35 bits per heavy atom. The lowest BCUT2D eigenvalue weighted by Gasteiger charge is -2.47. The third kappa shape index (κ3) is 2.32. The van der Waals surface area contributed by atoms with Gasteiger partial charge in [0.05, 0.1) is 12.1 Å². The van der Waals surface area contributed by atoms with E-state index in [0.717, 1.165) is 31.9 Å². The Morgan fingerprint density at radius 2 is 2.00 bits per heavy atom. The first kappa shape index (κ1) is 13.5. The second-order valence-electron chi connectivity index (χ2n) is 5.54. The van der Waals surface area contributed by atoms with Gasteiger partial charge in [0.2, 0.25) is 5.28 Å². The molecule has 3 fully saturated rings. The molecule has 0 saturated heterocycles. The molecule has 7 heteroatoms. The summed E-state index contributed by atoms with van der Waals surface area (Å²) in [6.07, 6.45) is 4.83. The number of nitrogens with one attached hydrogen (secondary N) is 1. The Balaban J connectivity index is 1.87. The van der Waals surface area contributed by atoms with E-state index >= 15 is 0 Å². The van der Waals surface area contributed by atoms with Crippen LogP contribution in [-0.2, 0) is 4.79 Å². The molecular formula is C13H15ClFN3O2. The highest BCUT2D eigenvalue weighted by molar-refractivity contribution is 6.28. The maximum atomic E-state index is 13.7. The summed E-state index contributed by atoms with van der Waals surface area (Å²) in [6, 6.07) is -0.291. The molecule has 2 unspecified atom stereocenters.